The third kappa shape index (κ3) is 5.96. The summed E-state index contributed by atoms with van der Waals surface area (Å²) in [6, 6.07) is 5.68. The normalized spacial score (nSPS) is 21.4. The van der Waals surface area contributed by atoms with Gasteiger partial charge >= 0.3 is 18.4 Å². The van der Waals surface area contributed by atoms with Crippen LogP contribution in [0.4, 0.5) is 36.8 Å². The van der Waals surface area contributed by atoms with Crippen molar-refractivity contribution in [3.63, 3.8) is 0 Å². The fourth-order valence-electron chi connectivity index (χ4n) is 5.31. The van der Waals surface area contributed by atoms with Crippen molar-refractivity contribution >= 4 is 23.4 Å². The zero-order valence-electron chi connectivity index (χ0n) is 19.8. The van der Waals surface area contributed by atoms with Crippen molar-refractivity contribution in [3.8, 4) is 0 Å². The summed E-state index contributed by atoms with van der Waals surface area (Å²) in [5.74, 6) is 0. The summed E-state index contributed by atoms with van der Waals surface area (Å²) < 4.78 is 80.1. The van der Waals surface area contributed by atoms with E-state index in [4.69, 9.17) is 11.6 Å². The molecule has 0 aliphatic carbocycles. The fraction of sp³-hybridized carbons (Fsp3) is 0.696. The van der Waals surface area contributed by atoms with Crippen LogP contribution in [-0.2, 0) is 11.3 Å². The Morgan fingerprint density at radius 2 is 1.64 bits per heavy atom. The van der Waals surface area contributed by atoms with E-state index in [1.807, 2.05) is 17.0 Å². The Hall–Kier alpha value is -1.92. The van der Waals surface area contributed by atoms with Crippen LogP contribution in [0.1, 0.15) is 18.9 Å². The zero-order valence-corrected chi connectivity index (χ0v) is 20.6. The van der Waals surface area contributed by atoms with Crippen molar-refractivity contribution in [2.24, 2.45) is 5.41 Å². The highest BCUT2D eigenvalue weighted by atomic mass is 35.5. The van der Waals surface area contributed by atoms with Gasteiger partial charge in [0, 0.05) is 75.0 Å². The molecule has 3 fully saturated rings. The summed E-state index contributed by atoms with van der Waals surface area (Å²) in [6.07, 6.45) is -16.1. The first-order valence-corrected chi connectivity index (χ1v) is 12.2. The highest BCUT2D eigenvalue weighted by molar-refractivity contribution is 6.30. The van der Waals surface area contributed by atoms with Gasteiger partial charge in [-0.2, -0.15) is 26.3 Å². The monoisotopic (exact) mass is 542 g/mol. The van der Waals surface area contributed by atoms with E-state index in [1.54, 1.807) is 6.07 Å². The highest BCUT2D eigenvalue weighted by Gasteiger charge is 2.60. The number of carbonyl (C=O) groups is 1. The van der Waals surface area contributed by atoms with E-state index in [-0.39, 0.29) is 26.2 Å². The Morgan fingerprint density at radius 1 is 1.00 bits per heavy atom. The van der Waals surface area contributed by atoms with Gasteiger partial charge in [-0.3, -0.25) is 4.90 Å². The Kier molecular flexibility index (Phi) is 7.60. The smallest absolute Gasteiger partial charge is 0.426 e. The van der Waals surface area contributed by atoms with Gasteiger partial charge < -0.3 is 19.4 Å². The van der Waals surface area contributed by atoms with Crippen molar-refractivity contribution in [3.05, 3.63) is 28.8 Å². The van der Waals surface area contributed by atoms with Crippen LogP contribution < -0.4 is 4.90 Å². The Labute approximate surface area is 210 Å². The lowest BCUT2D eigenvalue weighted by Gasteiger charge is -2.47. The van der Waals surface area contributed by atoms with E-state index in [1.165, 1.54) is 0 Å². The molecular formula is C23H29ClF6N4O2. The molecule has 0 atom stereocenters. The maximum Gasteiger partial charge on any atom is 0.434 e. The molecule has 0 N–H and O–H groups in total. The molecule has 4 rings (SSSR count). The Morgan fingerprint density at radius 3 is 2.22 bits per heavy atom. The second-order valence-electron chi connectivity index (χ2n) is 9.86. The third-order valence-corrected chi connectivity index (χ3v) is 7.46. The quantitative estimate of drug-likeness (QED) is 0.508. The largest absolute Gasteiger partial charge is 0.434 e. The molecule has 13 heteroatoms. The number of piperazine rings is 1. The first-order chi connectivity index (χ1) is 16.8. The average Bonchev–Trinajstić information content (AvgIpc) is 3.22. The molecule has 3 aliphatic heterocycles. The summed E-state index contributed by atoms with van der Waals surface area (Å²) in [6.45, 7) is 8.23. The van der Waals surface area contributed by atoms with Crippen LogP contribution in [0.5, 0.6) is 0 Å². The van der Waals surface area contributed by atoms with Crippen molar-refractivity contribution in [2.45, 2.75) is 38.3 Å². The molecule has 0 unspecified atom stereocenters. The van der Waals surface area contributed by atoms with Crippen molar-refractivity contribution < 1.29 is 35.9 Å². The van der Waals surface area contributed by atoms with Crippen molar-refractivity contribution in [2.75, 3.05) is 63.8 Å². The molecule has 202 valence electrons. The molecule has 1 amide bonds. The summed E-state index contributed by atoms with van der Waals surface area (Å²) in [4.78, 5) is 19.7. The van der Waals surface area contributed by atoms with Crippen LogP contribution in [0.15, 0.2) is 18.2 Å². The molecule has 6 nitrogen and oxygen atoms in total. The van der Waals surface area contributed by atoms with Gasteiger partial charge in [0.15, 0.2) is 0 Å². The van der Waals surface area contributed by atoms with E-state index < -0.39 is 24.5 Å². The number of rotatable bonds is 5. The summed E-state index contributed by atoms with van der Waals surface area (Å²) in [7, 11) is 0. The lowest BCUT2D eigenvalue weighted by Crippen LogP contribution is -2.57. The number of carbonyl (C=O) groups excluding carboxylic acids is 1. The van der Waals surface area contributed by atoms with Crippen LogP contribution in [-0.4, -0.2) is 98.2 Å². The first-order valence-electron chi connectivity index (χ1n) is 11.9. The summed E-state index contributed by atoms with van der Waals surface area (Å²) in [5.41, 5.74) is 2.37. The van der Waals surface area contributed by atoms with Crippen LogP contribution in [0.25, 0.3) is 0 Å². The summed E-state index contributed by atoms with van der Waals surface area (Å²) in [5, 5.41) is 0.620. The second-order valence-corrected chi connectivity index (χ2v) is 10.3. The summed E-state index contributed by atoms with van der Waals surface area (Å²) >= 11 is 6.30. The minimum atomic E-state index is -5.73. The number of hydrogen-bond acceptors (Lipinski definition) is 5. The standard InChI is InChI=1S/C23H29ClF6N4O2/c1-2-31-13-21(14-31)5-6-34(15-21)18-11-17(24)4-3-16(18)12-32-7-9-33(10-8-32)20(35)36-19(22(25,26)27)23(28,29)30/h3-4,11,19H,2,5-10,12-15H2,1H3. The lowest BCUT2D eigenvalue weighted by atomic mass is 9.79. The molecule has 1 aromatic rings. The number of anilines is 1. The Bertz CT molecular complexity index is 932. The van der Waals surface area contributed by atoms with Gasteiger partial charge in [0.25, 0.3) is 6.10 Å². The molecule has 0 bridgehead atoms. The minimum absolute atomic E-state index is 0.0378. The third-order valence-electron chi connectivity index (χ3n) is 7.23. The van der Waals surface area contributed by atoms with Crippen molar-refractivity contribution in [1.29, 1.82) is 0 Å². The molecule has 0 aromatic heterocycles. The molecule has 0 saturated carbocycles. The lowest BCUT2D eigenvalue weighted by molar-refractivity contribution is -0.308. The van der Waals surface area contributed by atoms with E-state index in [2.05, 4.69) is 21.5 Å². The maximum absolute atomic E-state index is 12.7. The molecule has 3 saturated heterocycles. The van der Waals surface area contributed by atoms with Gasteiger partial charge in [-0.05, 0) is 30.7 Å². The van der Waals surface area contributed by atoms with Gasteiger partial charge in [-0.1, -0.05) is 24.6 Å². The number of ether oxygens (including phenoxy) is 1. The van der Waals surface area contributed by atoms with Gasteiger partial charge in [-0.25, -0.2) is 4.79 Å². The molecule has 0 radical (unpaired) electrons. The van der Waals surface area contributed by atoms with Crippen molar-refractivity contribution in [1.82, 2.24) is 14.7 Å². The van der Waals surface area contributed by atoms with Gasteiger partial charge in [-0.15, -0.1) is 0 Å². The predicted molar refractivity (Wildman–Crippen MR) is 122 cm³/mol. The number of nitrogens with zero attached hydrogens (tertiary/aromatic N) is 4. The van der Waals surface area contributed by atoms with E-state index in [0.29, 0.717) is 17.0 Å². The number of hydrogen-bond donors (Lipinski definition) is 0. The van der Waals surface area contributed by atoms with Crippen LogP contribution >= 0.6 is 11.6 Å². The number of benzene rings is 1. The minimum Gasteiger partial charge on any atom is -0.426 e. The zero-order chi connectivity index (χ0) is 26.3. The Balaban J connectivity index is 1.35. The molecule has 1 spiro atoms. The fourth-order valence-corrected chi connectivity index (χ4v) is 5.48. The average molecular weight is 543 g/mol. The molecule has 3 aliphatic rings. The molecule has 36 heavy (non-hydrogen) atoms. The first kappa shape index (κ1) is 27.1. The van der Waals surface area contributed by atoms with Gasteiger partial charge in [0.2, 0.25) is 0 Å². The van der Waals surface area contributed by atoms with E-state index in [0.717, 1.165) is 55.3 Å². The number of amides is 1. The van der Waals surface area contributed by atoms with Gasteiger partial charge in [0.1, 0.15) is 0 Å². The highest BCUT2D eigenvalue weighted by Crippen LogP contribution is 2.42. The molecule has 1 aromatic carbocycles. The number of halogens is 7. The van der Waals surface area contributed by atoms with Gasteiger partial charge in [0.05, 0.1) is 0 Å². The molecular weight excluding hydrogens is 514 g/mol. The molecule has 3 heterocycles. The van der Waals surface area contributed by atoms with Crippen LogP contribution in [0.2, 0.25) is 5.02 Å². The SMILES string of the molecule is CCN1CC2(CCN(c3cc(Cl)ccc3CN3CCN(C(=O)OC(C(F)(F)F)C(F)(F)F)CC3)C2)C1. The van der Waals surface area contributed by atoms with E-state index in [9.17, 15) is 31.1 Å². The van der Waals surface area contributed by atoms with Crippen LogP contribution in [0.3, 0.4) is 0 Å². The number of likely N-dealkylation sites (tertiary alicyclic amines) is 1. The number of alkyl halides is 6. The second kappa shape index (κ2) is 10.1. The van der Waals surface area contributed by atoms with Crippen LogP contribution in [0, 0.1) is 5.41 Å². The topological polar surface area (TPSA) is 39.3 Å². The maximum atomic E-state index is 12.7. The van der Waals surface area contributed by atoms with E-state index >= 15 is 0 Å². The predicted octanol–water partition coefficient (Wildman–Crippen LogP) is 4.62.